The minimum atomic E-state index is -5.31. The van der Waals surface area contributed by atoms with Gasteiger partial charge in [0.1, 0.15) is 73.2 Å². The monoisotopic (exact) mass is 860 g/mol. The smallest absolute Gasteiger partial charge is 0.470 e. The highest BCUT2D eigenvalue weighted by atomic mass is 31.2. The van der Waals surface area contributed by atoms with Gasteiger partial charge in [-0.3, -0.25) is 4.52 Å². The molecule has 4 saturated heterocycles. The Kier molecular flexibility index (Phi) is 15.9. The number of carbonyl (C=O) groups is 2. The van der Waals surface area contributed by atoms with E-state index in [9.17, 15) is 90.3 Å². The van der Waals surface area contributed by atoms with E-state index in [1.165, 1.54) is 0 Å². The van der Waals surface area contributed by atoms with Gasteiger partial charge in [-0.25, -0.2) is 14.2 Å². The van der Waals surface area contributed by atoms with E-state index in [1.54, 1.807) is 0 Å². The summed E-state index contributed by atoms with van der Waals surface area (Å²) in [5.74, 6) is -10.3. The maximum absolute atomic E-state index is 12.8. The first kappa shape index (κ1) is 47.9. The van der Waals surface area contributed by atoms with E-state index in [0.29, 0.717) is 0 Å². The predicted molar refractivity (Wildman–Crippen MR) is 171 cm³/mol. The quantitative estimate of drug-likeness (QED) is 0.0641. The molecule has 0 aliphatic carbocycles. The molecule has 4 fully saturated rings. The van der Waals surface area contributed by atoms with Gasteiger partial charge in [0.15, 0.2) is 12.6 Å². The number of hydrogen-bond donors (Lipinski definition) is 17. The first-order valence-electron chi connectivity index (χ1n) is 17.1. The number of carboxylic acids is 2. The molecule has 0 aromatic rings. The molecule has 0 saturated carbocycles. The summed E-state index contributed by atoms with van der Waals surface area (Å²) in [6.45, 7) is -4.26. The fourth-order valence-electron chi connectivity index (χ4n) is 6.64. The third kappa shape index (κ3) is 10.4. The van der Waals surface area contributed by atoms with Crippen LogP contribution in [0, 0.1) is 0 Å². The lowest BCUT2D eigenvalue weighted by Gasteiger charge is -2.50. The molecule has 57 heavy (non-hydrogen) atoms. The van der Waals surface area contributed by atoms with Gasteiger partial charge >= 0.3 is 19.8 Å². The molecule has 0 aromatic heterocycles. The van der Waals surface area contributed by atoms with Crippen LogP contribution >= 0.6 is 7.82 Å². The van der Waals surface area contributed by atoms with Crippen molar-refractivity contribution in [1.29, 1.82) is 0 Å². The number of aliphatic hydroxyl groups is 11. The molecule has 0 bridgehead atoms. The molecule has 19 N–H and O–H groups in total. The molecule has 4 heterocycles. The van der Waals surface area contributed by atoms with E-state index in [1.807, 2.05) is 0 Å². The molecule has 28 nitrogen and oxygen atoms in total. The van der Waals surface area contributed by atoms with Crippen molar-refractivity contribution in [3.05, 3.63) is 0 Å². The molecule has 4 aliphatic heterocycles. The van der Waals surface area contributed by atoms with Gasteiger partial charge in [-0.15, -0.1) is 0 Å². The van der Waals surface area contributed by atoms with Gasteiger partial charge in [0.2, 0.25) is 0 Å². The highest BCUT2D eigenvalue weighted by Gasteiger charge is 2.61. The van der Waals surface area contributed by atoms with Gasteiger partial charge in [-0.2, -0.15) is 0 Å². The molecule has 4 aliphatic rings. The number of hydrogen-bond acceptors (Lipinski definition) is 24. The second-order valence-electron chi connectivity index (χ2n) is 13.8. The number of carboxylic acid groups (broad SMARTS) is 2. The van der Waals surface area contributed by atoms with E-state index in [2.05, 4.69) is 4.52 Å². The molecular weight excluding hydrogens is 811 g/mol. The minimum Gasteiger partial charge on any atom is -0.477 e. The summed E-state index contributed by atoms with van der Waals surface area (Å²) in [5.41, 5.74) is 11.5. The molecule has 0 spiro atoms. The van der Waals surface area contributed by atoms with Gasteiger partial charge in [0, 0.05) is 12.8 Å². The number of phosphoric acid groups is 1. The van der Waals surface area contributed by atoms with Gasteiger partial charge in [-0.05, 0) is 0 Å². The number of aliphatic hydroxyl groups excluding tert-OH is 11. The van der Waals surface area contributed by atoms with Gasteiger partial charge < -0.3 is 121 Å². The summed E-state index contributed by atoms with van der Waals surface area (Å²) in [5, 5.41) is 134. The van der Waals surface area contributed by atoms with Crippen LogP contribution in [0.2, 0.25) is 0 Å². The van der Waals surface area contributed by atoms with E-state index in [0.717, 1.165) is 0 Å². The van der Waals surface area contributed by atoms with E-state index < -0.39 is 181 Å². The highest BCUT2D eigenvalue weighted by molar-refractivity contribution is 7.46. The fraction of sp³-hybridized carbons (Fsp3) is 0.929. The molecule has 4 rings (SSSR count). The standard InChI is InChI=1S/C28H49N2O26P/c29-13-19(40)22(56-57(46,47)48)12(51-23(13)41)5-49-24-14(30)18(39)16(37)11(52-24)6-50-27(25(42)43)2-10(17(38)21(54-27)9(35)4-32)53-28(26(44)45)1-7(33)15(36)20(55-28)8(34)3-31/h7-24,31-41H,1-6,29-30H2,(H,42,43)(H,44,45)(H2,46,47,48)/t7-,8-,9-,10-,11-,12-,13-,14-,15-,16-,17-,18-,19-,20-,21-,22-,23+,24-,27-,28-/m1/s1. The van der Waals surface area contributed by atoms with Crippen molar-refractivity contribution in [3.8, 4) is 0 Å². The van der Waals surface area contributed by atoms with Crippen LogP contribution in [0.4, 0.5) is 0 Å². The van der Waals surface area contributed by atoms with Crippen molar-refractivity contribution < 1.29 is 128 Å². The van der Waals surface area contributed by atoms with Crippen LogP contribution in [0.3, 0.4) is 0 Å². The third-order valence-corrected chi connectivity index (χ3v) is 10.3. The summed E-state index contributed by atoms with van der Waals surface area (Å²) in [6, 6.07) is -3.23. The van der Waals surface area contributed by atoms with Crippen LogP contribution < -0.4 is 11.5 Å². The first-order chi connectivity index (χ1) is 26.4. The maximum atomic E-state index is 12.8. The lowest BCUT2D eigenvalue weighted by molar-refractivity contribution is -0.378. The molecule has 0 amide bonds. The van der Waals surface area contributed by atoms with Crippen molar-refractivity contribution in [3.63, 3.8) is 0 Å². The van der Waals surface area contributed by atoms with Crippen LogP contribution in [0.15, 0.2) is 0 Å². The van der Waals surface area contributed by atoms with Crippen molar-refractivity contribution in [2.24, 2.45) is 11.5 Å². The number of ether oxygens (including phenoxy) is 7. The van der Waals surface area contributed by atoms with Crippen molar-refractivity contribution >= 4 is 19.8 Å². The fourth-order valence-corrected chi connectivity index (χ4v) is 7.22. The van der Waals surface area contributed by atoms with Crippen LogP contribution in [0.25, 0.3) is 0 Å². The Labute approximate surface area is 320 Å². The lowest BCUT2D eigenvalue weighted by atomic mass is 9.90. The molecule has 0 aromatic carbocycles. The summed E-state index contributed by atoms with van der Waals surface area (Å²) in [4.78, 5) is 44.0. The van der Waals surface area contributed by atoms with E-state index >= 15 is 0 Å². The second kappa shape index (κ2) is 18.9. The second-order valence-corrected chi connectivity index (χ2v) is 15.0. The molecule has 332 valence electrons. The Balaban J connectivity index is 1.58. The predicted octanol–water partition coefficient (Wildman–Crippen LogP) is -10.0. The molecule has 20 atom stereocenters. The van der Waals surface area contributed by atoms with Crippen LogP contribution in [0.5, 0.6) is 0 Å². The summed E-state index contributed by atoms with van der Waals surface area (Å²) < 4.78 is 54.1. The summed E-state index contributed by atoms with van der Waals surface area (Å²) in [7, 11) is -5.31. The Hall–Kier alpha value is -1.75. The SMILES string of the molecule is N[C@@H]1[C@@H](O)[C@H](OP(=O)(O)O)[C@@H](CO[C@@H]2O[C@H](CO[C@]3(C(=O)O)C[C@@H](O[C@]4(C(=O)O)C[C@@H](O)[C@@H](O)[C@@H]([C@H](O)CO)O4)[C@@H](O)[C@@H]([C@H](O)CO)O3)[C@@H](O)[C@H](O)[C@H]2N)O[C@@H]1O. The van der Waals surface area contributed by atoms with Gasteiger partial charge in [0.05, 0.1) is 50.7 Å². The molecule has 0 unspecified atom stereocenters. The Morgan fingerprint density at radius 1 is 0.737 bits per heavy atom. The van der Waals surface area contributed by atoms with Gasteiger partial charge in [-0.1, -0.05) is 0 Å². The van der Waals surface area contributed by atoms with Crippen molar-refractivity contribution in [2.45, 2.75) is 135 Å². The molecule has 0 radical (unpaired) electrons. The molecular formula is C28H49N2O26P. The zero-order valence-electron chi connectivity index (χ0n) is 29.4. The van der Waals surface area contributed by atoms with Gasteiger partial charge in [0.25, 0.3) is 11.6 Å². The number of nitrogens with two attached hydrogens (primary N) is 2. The van der Waals surface area contributed by atoms with E-state index in [4.69, 9.17) is 44.6 Å². The average molecular weight is 861 g/mol. The maximum Gasteiger partial charge on any atom is 0.470 e. The Bertz CT molecular complexity index is 1410. The average Bonchev–Trinajstić information content (AvgIpc) is 3.14. The van der Waals surface area contributed by atoms with E-state index in [-0.39, 0.29) is 0 Å². The molecule has 29 heteroatoms. The van der Waals surface area contributed by atoms with Crippen molar-refractivity contribution in [2.75, 3.05) is 26.4 Å². The normalized spacial score (nSPS) is 45.6. The topological polar surface area (TPSA) is 481 Å². The number of phosphoric ester groups is 1. The third-order valence-electron chi connectivity index (χ3n) is 9.83. The van der Waals surface area contributed by atoms with Crippen LogP contribution in [-0.2, 0) is 51.8 Å². The zero-order chi connectivity index (χ0) is 42.9. The Morgan fingerprint density at radius 3 is 1.84 bits per heavy atom. The minimum absolute atomic E-state index is 0.852. The number of aliphatic carboxylic acids is 2. The first-order valence-corrected chi connectivity index (χ1v) is 18.6. The lowest BCUT2D eigenvalue weighted by Crippen LogP contribution is -2.68. The Morgan fingerprint density at radius 2 is 1.30 bits per heavy atom. The van der Waals surface area contributed by atoms with Crippen LogP contribution in [-0.4, -0.2) is 236 Å². The summed E-state index contributed by atoms with van der Waals surface area (Å²) >= 11 is 0. The highest BCUT2D eigenvalue weighted by Crippen LogP contribution is 2.42. The summed E-state index contributed by atoms with van der Waals surface area (Å²) in [6.07, 6.45) is -34.0. The largest absolute Gasteiger partial charge is 0.477 e. The van der Waals surface area contributed by atoms with Crippen LogP contribution in [0.1, 0.15) is 12.8 Å². The van der Waals surface area contributed by atoms with Crippen molar-refractivity contribution in [1.82, 2.24) is 0 Å². The number of rotatable bonds is 16. The zero-order valence-corrected chi connectivity index (χ0v) is 30.3.